The highest BCUT2D eigenvalue weighted by molar-refractivity contribution is 4.89. The van der Waals surface area contributed by atoms with E-state index in [1.54, 1.807) is 0 Å². The summed E-state index contributed by atoms with van der Waals surface area (Å²) in [7, 11) is 0. The first-order chi connectivity index (χ1) is 8.31. The molecule has 0 fully saturated rings. The van der Waals surface area contributed by atoms with Gasteiger partial charge in [-0.05, 0) is 25.8 Å². The monoisotopic (exact) mass is 239 g/mol. The van der Waals surface area contributed by atoms with E-state index in [2.05, 4.69) is 36.3 Å². The van der Waals surface area contributed by atoms with Gasteiger partial charge in [-0.1, -0.05) is 33.6 Å². The third-order valence-electron chi connectivity index (χ3n) is 2.82. The molecule has 1 N–H and O–H groups in total. The van der Waals surface area contributed by atoms with Crippen LogP contribution in [0.5, 0.6) is 0 Å². The van der Waals surface area contributed by atoms with Crippen LogP contribution in [0.15, 0.2) is 4.42 Å². The minimum Gasteiger partial charge on any atom is -0.424 e. The molecule has 0 aromatic carbocycles. The molecule has 0 aliphatic heterocycles. The van der Waals surface area contributed by atoms with Crippen molar-refractivity contribution in [3.05, 3.63) is 11.8 Å². The van der Waals surface area contributed by atoms with Crippen molar-refractivity contribution in [3.63, 3.8) is 0 Å². The number of hydrogen-bond acceptors (Lipinski definition) is 4. The Morgan fingerprint density at radius 2 is 1.94 bits per heavy atom. The Labute approximate surface area is 104 Å². The molecule has 0 bridgehead atoms. The first-order valence-electron chi connectivity index (χ1n) is 6.87. The Balaban J connectivity index is 2.46. The van der Waals surface area contributed by atoms with Gasteiger partial charge < -0.3 is 9.73 Å². The summed E-state index contributed by atoms with van der Waals surface area (Å²) < 4.78 is 5.70. The maximum Gasteiger partial charge on any atom is 0.233 e. The van der Waals surface area contributed by atoms with Crippen LogP contribution in [0.25, 0.3) is 0 Å². The van der Waals surface area contributed by atoms with Crippen LogP contribution < -0.4 is 5.32 Å². The first-order valence-corrected chi connectivity index (χ1v) is 6.87. The molecule has 1 aromatic heterocycles. The van der Waals surface area contributed by atoms with Gasteiger partial charge >= 0.3 is 0 Å². The highest BCUT2D eigenvalue weighted by Gasteiger charge is 2.15. The van der Waals surface area contributed by atoms with Gasteiger partial charge in [0.1, 0.15) is 0 Å². The van der Waals surface area contributed by atoms with E-state index < -0.39 is 0 Å². The van der Waals surface area contributed by atoms with E-state index in [4.69, 9.17) is 4.42 Å². The van der Waals surface area contributed by atoms with E-state index in [1.165, 1.54) is 12.8 Å². The van der Waals surface area contributed by atoms with Crippen LogP contribution in [0.3, 0.4) is 0 Å². The molecule has 0 saturated heterocycles. The van der Waals surface area contributed by atoms with Crippen molar-refractivity contribution >= 4 is 0 Å². The van der Waals surface area contributed by atoms with E-state index in [1.807, 2.05) is 0 Å². The topological polar surface area (TPSA) is 51.0 Å². The lowest BCUT2D eigenvalue weighted by Crippen LogP contribution is -2.21. The Morgan fingerprint density at radius 3 is 2.59 bits per heavy atom. The van der Waals surface area contributed by atoms with E-state index in [0.717, 1.165) is 44.0 Å². The van der Waals surface area contributed by atoms with Crippen LogP contribution in [0.2, 0.25) is 0 Å². The molecule has 0 saturated carbocycles. The minimum absolute atomic E-state index is 0.211. The van der Waals surface area contributed by atoms with Crippen LogP contribution in [-0.2, 0) is 6.42 Å². The number of aromatic nitrogens is 2. The number of nitrogens with one attached hydrogen (secondary N) is 1. The molecule has 1 rings (SSSR count). The van der Waals surface area contributed by atoms with Crippen LogP contribution >= 0.6 is 0 Å². The van der Waals surface area contributed by atoms with Gasteiger partial charge in [0.05, 0.1) is 6.04 Å². The zero-order valence-corrected chi connectivity index (χ0v) is 11.3. The fourth-order valence-electron chi connectivity index (χ4n) is 1.76. The molecule has 0 aliphatic carbocycles. The average Bonchev–Trinajstić information content (AvgIpc) is 2.79. The highest BCUT2D eigenvalue weighted by atomic mass is 16.4. The van der Waals surface area contributed by atoms with E-state index in [9.17, 15) is 0 Å². The molecular weight excluding hydrogens is 214 g/mol. The highest BCUT2D eigenvalue weighted by Crippen LogP contribution is 2.16. The molecular formula is C13H25N3O. The summed E-state index contributed by atoms with van der Waals surface area (Å²) in [6, 6.07) is 0.211. The Hall–Kier alpha value is -0.900. The molecule has 0 aliphatic rings. The average molecular weight is 239 g/mol. The lowest BCUT2D eigenvalue weighted by atomic mass is 10.2. The van der Waals surface area contributed by atoms with E-state index >= 15 is 0 Å². The van der Waals surface area contributed by atoms with Gasteiger partial charge in [-0.3, -0.25) is 0 Å². The second-order valence-corrected chi connectivity index (χ2v) is 4.41. The Morgan fingerprint density at radius 1 is 1.12 bits per heavy atom. The molecule has 17 heavy (non-hydrogen) atoms. The Bertz CT molecular complexity index is 299. The molecule has 1 heterocycles. The standard InChI is InChI=1S/C13H25N3O/c1-4-7-8-9-12-15-16-13(17-12)11(6-3)14-10-5-2/h11,14H,4-10H2,1-3H3. The van der Waals surface area contributed by atoms with Crippen molar-refractivity contribution in [3.8, 4) is 0 Å². The number of aryl methyl sites for hydroxylation is 1. The minimum atomic E-state index is 0.211. The number of rotatable bonds is 9. The van der Waals surface area contributed by atoms with Crippen LogP contribution in [0, 0.1) is 0 Å². The fourth-order valence-corrected chi connectivity index (χ4v) is 1.76. The number of hydrogen-bond donors (Lipinski definition) is 1. The first kappa shape index (κ1) is 14.2. The maximum absolute atomic E-state index is 5.70. The molecule has 0 amide bonds. The molecule has 98 valence electrons. The SMILES string of the molecule is CCCCCc1nnc(C(CC)NCCC)o1. The second-order valence-electron chi connectivity index (χ2n) is 4.41. The number of unbranched alkanes of at least 4 members (excludes halogenated alkanes) is 2. The zero-order valence-electron chi connectivity index (χ0n) is 11.3. The summed E-state index contributed by atoms with van der Waals surface area (Å²) in [6.45, 7) is 7.48. The summed E-state index contributed by atoms with van der Waals surface area (Å²) in [6.07, 6.45) is 6.59. The van der Waals surface area contributed by atoms with Crippen molar-refractivity contribution in [1.29, 1.82) is 0 Å². The van der Waals surface area contributed by atoms with Crippen molar-refractivity contribution < 1.29 is 4.42 Å². The number of nitrogens with zero attached hydrogens (tertiary/aromatic N) is 2. The molecule has 4 heteroatoms. The van der Waals surface area contributed by atoms with Gasteiger partial charge in [0.15, 0.2) is 0 Å². The predicted octanol–water partition coefficient (Wildman–Crippen LogP) is 3.25. The van der Waals surface area contributed by atoms with Gasteiger partial charge in [-0.2, -0.15) is 0 Å². The quantitative estimate of drug-likeness (QED) is 0.672. The van der Waals surface area contributed by atoms with Gasteiger partial charge in [0.25, 0.3) is 0 Å². The summed E-state index contributed by atoms with van der Waals surface area (Å²) in [5.41, 5.74) is 0. The normalized spacial score (nSPS) is 12.9. The van der Waals surface area contributed by atoms with Gasteiger partial charge in [-0.15, -0.1) is 10.2 Å². The van der Waals surface area contributed by atoms with E-state index in [0.29, 0.717) is 0 Å². The lowest BCUT2D eigenvalue weighted by Gasteiger charge is -2.11. The van der Waals surface area contributed by atoms with Crippen LogP contribution in [0.1, 0.15) is 70.7 Å². The molecule has 1 aromatic rings. The van der Waals surface area contributed by atoms with Crippen LogP contribution in [0.4, 0.5) is 0 Å². The van der Waals surface area contributed by atoms with Gasteiger partial charge in [0, 0.05) is 6.42 Å². The van der Waals surface area contributed by atoms with Crippen LogP contribution in [-0.4, -0.2) is 16.7 Å². The lowest BCUT2D eigenvalue weighted by molar-refractivity contribution is 0.370. The zero-order chi connectivity index (χ0) is 12.5. The van der Waals surface area contributed by atoms with Crippen molar-refractivity contribution in [2.75, 3.05) is 6.54 Å². The third-order valence-corrected chi connectivity index (χ3v) is 2.82. The van der Waals surface area contributed by atoms with Gasteiger partial charge in [-0.25, -0.2) is 0 Å². The maximum atomic E-state index is 5.70. The van der Waals surface area contributed by atoms with Gasteiger partial charge in [0.2, 0.25) is 11.8 Å². The Kier molecular flexibility index (Phi) is 6.86. The molecule has 0 spiro atoms. The summed E-state index contributed by atoms with van der Waals surface area (Å²) in [5.74, 6) is 1.53. The second kappa shape index (κ2) is 8.23. The van der Waals surface area contributed by atoms with Crippen molar-refractivity contribution in [2.45, 2.75) is 65.3 Å². The third kappa shape index (κ3) is 4.86. The van der Waals surface area contributed by atoms with Crippen molar-refractivity contribution in [1.82, 2.24) is 15.5 Å². The van der Waals surface area contributed by atoms with Crippen molar-refractivity contribution in [2.24, 2.45) is 0 Å². The summed E-state index contributed by atoms with van der Waals surface area (Å²) in [4.78, 5) is 0. The predicted molar refractivity (Wildman–Crippen MR) is 68.9 cm³/mol. The molecule has 0 radical (unpaired) electrons. The molecule has 4 nitrogen and oxygen atoms in total. The summed E-state index contributed by atoms with van der Waals surface area (Å²) >= 11 is 0. The largest absolute Gasteiger partial charge is 0.424 e. The fraction of sp³-hybridized carbons (Fsp3) is 0.846. The molecule has 1 unspecified atom stereocenters. The summed E-state index contributed by atoms with van der Waals surface area (Å²) in [5, 5.41) is 11.7. The molecule has 1 atom stereocenters. The van der Waals surface area contributed by atoms with E-state index in [-0.39, 0.29) is 6.04 Å². The smallest absolute Gasteiger partial charge is 0.233 e.